The van der Waals surface area contributed by atoms with Crippen molar-refractivity contribution in [3.05, 3.63) is 28.0 Å². The third kappa shape index (κ3) is 6.17. The number of carbonyl (C=O) groups is 2. The Morgan fingerprint density at radius 2 is 2.32 bits per heavy atom. The predicted molar refractivity (Wildman–Crippen MR) is 73.9 cm³/mol. The van der Waals surface area contributed by atoms with Gasteiger partial charge in [-0.05, 0) is 29.5 Å². The van der Waals surface area contributed by atoms with E-state index in [4.69, 9.17) is 9.84 Å². The van der Waals surface area contributed by atoms with Crippen LogP contribution in [0.1, 0.15) is 23.3 Å². The monoisotopic (exact) mass is 283 g/mol. The second-order valence-corrected chi connectivity index (χ2v) is 4.84. The first-order valence-electron chi connectivity index (χ1n) is 5.86. The summed E-state index contributed by atoms with van der Waals surface area (Å²) < 4.78 is 4.87. The number of hydrogen-bond acceptors (Lipinski definition) is 4. The number of carbonyl (C=O) groups excluding carboxylic acids is 1. The number of nitrogens with one attached hydrogen (secondary N) is 1. The standard InChI is InChI=1S/C13H17NO4S/c1-18-7-2-3-12(15)14-9-11-10(6-8-19-11)4-5-13(16)17/h4-6,8H,2-3,7,9H2,1H3,(H,14,15)(H,16,17). The lowest BCUT2D eigenvalue weighted by atomic mass is 10.2. The number of amides is 1. The molecule has 0 bridgehead atoms. The maximum Gasteiger partial charge on any atom is 0.328 e. The Balaban J connectivity index is 2.43. The van der Waals surface area contributed by atoms with Crippen molar-refractivity contribution in [1.29, 1.82) is 0 Å². The molecule has 1 amide bonds. The average Bonchev–Trinajstić information content (AvgIpc) is 2.81. The van der Waals surface area contributed by atoms with Crippen molar-refractivity contribution in [2.45, 2.75) is 19.4 Å². The summed E-state index contributed by atoms with van der Waals surface area (Å²) in [4.78, 5) is 22.9. The maximum atomic E-state index is 11.5. The molecule has 0 aliphatic carbocycles. The molecule has 19 heavy (non-hydrogen) atoms. The van der Waals surface area contributed by atoms with Gasteiger partial charge in [0.2, 0.25) is 5.91 Å². The van der Waals surface area contributed by atoms with E-state index in [1.54, 1.807) is 7.11 Å². The molecule has 0 aliphatic rings. The third-order valence-electron chi connectivity index (χ3n) is 2.38. The molecule has 0 spiro atoms. The minimum Gasteiger partial charge on any atom is -0.478 e. The van der Waals surface area contributed by atoms with Gasteiger partial charge in [0, 0.05) is 31.1 Å². The van der Waals surface area contributed by atoms with Gasteiger partial charge < -0.3 is 15.2 Å². The number of carboxylic acid groups (broad SMARTS) is 1. The number of aliphatic carboxylic acids is 1. The molecular weight excluding hydrogens is 266 g/mol. The van der Waals surface area contributed by atoms with Crippen LogP contribution in [0, 0.1) is 0 Å². The van der Waals surface area contributed by atoms with Crippen LogP contribution < -0.4 is 5.32 Å². The van der Waals surface area contributed by atoms with Gasteiger partial charge in [-0.3, -0.25) is 4.79 Å². The van der Waals surface area contributed by atoms with E-state index in [1.807, 2.05) is 11.4 Å². The van der Waals surface area contributed by atoms with Gasteiger partial charge in [0.1, 0.15) is 0 Å². The normalized spacial score (nSPS) is 10.8. The largest absolute Gasteiger partial charge is 0.478 e. The van der Waals surface area contributed by atoms with E-state index in [0.29, 0.717) is 26.0 Å². The Bertz CT molecular complexity index is 453. The van der Waals surface area contributed by atoms with E-state index >= 15 is 0 Å². The molecule has 5 nitrogen and oxygen atoms in total. The second-order valence-electron chi connectivity index (χ2n) is 3.84. The highest BCUT2D eigenvalue weighted by molar-refractivity contribution is 7.10. The minimum absolute atomic E-state index is 0.0291. The molecule has 6 heteroatoms. The number of rotatable bonds is 8. The van der Waals surface area contributed by atoms with Crippen LogP contribution in [0.5, 0.6) is 0 Å². The van der Waals surface area contributed by atoms with Crippen molar-refractivity contribution >= 4 is 29.3 Å². The van der Waals surface area contributed by atoms with Gasteiger partial charge in [-0.15, -0.1) is 11.3 Å². The zero-order valence-corrected chi connectivity index (χ0v) is 11.5. The quantitative estimate of drug-likeness (QED) is 0.564. The zero-order valence-electron chi connectivity index (χ0n) is 10.7. The molecule has 0 atom stereocenters. The van der Waals surface area contributed by atoms with Crippen molar-refractivity contribution in [2.75, 3.05) is 13.7 Å². The van der Waals surface area contributed by atoms with Crippen molar-refractivity contribution in [3.63, 3.8) is 0 Å². The van der Waals surface area contributed by atoms with Gasteiger partial charge in [0.15, 0.2) is 0 Å². The van der Waals surface area contributed by atoms with Crippen molar-refractivity contribution < 1.29 is 19.4 Å². The Labute approximate surface area is 115 Å². The smallest absolute Gasteiger partial charge is 0.328 e. The summed E-state index contributed by atoms with van der Waals surface area (Å²) in [5, 5.41) is 13.3. The number of hydrogen-bond donors (Lipinski definition) is 2. The SMILES string of the molecule is COCCCC(=O)NCc1sccc1C=CC(=O)O. The number of methoxy groups -OCH3 is 1. The van der Waals surface area contributed by atoms with E-state index in [0.717, 1.165) is 16.5 Å². The first kappa shape index (κ1) is 15.4. The summed E-state index contributed by atoms with van der Waals surface area (Å²) in [6, 6.07) is 1.83. The molecule has 0 saturated carbocycles. The lowest BCUT2D eigenvalue weighted by Crippen LogP contribution is -2.22. The lowest BCUT2D eigenvalue weighted by Gasteiger charge is -2.04. The van der Waals surface area contributed by atoms with Gasteiger partial charge in [-0.1, -0.05) is 0 Å². The lowest BCUT2D eigenvalue weighted by molar-refractivity contribution is -0.131. The van der Waals surface area contributed by atoms with Gasteiger partial charge in [0.05, 0.1) is 6.54 Å². The Kier molecular flexibility index (Phi) is 6.84. The molecule has 1 rings (SSSR count). The van der Waals surface area contributed by atoms with Crippen LogP contribution in [-0.2, 0) is 20.9 Å². The highest BCUT2D eigenvalue weighted by Crippen LogP contribution is 2.18. The second kappa shape index (κ2) is 8.44. The van der Waals surface area contributed by atoms with E-state index in [-0.39, 0.29) is 5.91 Å². The molecule has 104 valence electrons. The molecule has 1 aromatic rings. The average molecular weight is 283 g/mol. The van der Waals surface area contributed by atoms with Crippen LogP contribution in [0.15, 0.2) is 17.5 Å². The summed E-state index contributed by atoms with van der Waals surface area (Å²) in [6.07, 6.45) is 3.75. The summed E-state index contributed by atoms with van der Waals surface area (Å²) >= 11 is 1.49. The Hall–Kier alpha value is -1.66. The van der Waals surface area contributed by atoms with E-state index in [1.165, 1.54) is 17.4 Å². The molecule has 1 heterocycles. The Morgan fingerprint density at radius 1 is 1.53 bits per heavy atom. The number of ether oxygens (including phenoxy) is 1. The van der Waals surface area contributed by atoms with Gasteiger partial charge in [-0.2, -0.15) is 0 Å². The third-order valence-corrected chi connectivity index (χ3v) is 3.32. The molecule has 0 unspecified atom stereocenters. The van der Waals surface area contributed by atoms with Crippen molar-refractivity contribution in [2.24, 2.45) is 0 Å². The molecule has 1 aromatic heterocycles. The van der Waals surface area contributed by atoms with Gasteiger partial charge in [-0.25, -0.2) is 4.79 Å². The van der Waals surface area contributed by atoms with Gasteiger partial charge >= 0.3 is 5.97 Å². The maximum absolute atomic E-state index is 11.5. The van der Waals surface area contributed by atoms with Crippen molar-refractivity contribution in [1.82, 2.24) is 5.32 Å². The van der Waals surface area contributed by atoms with E-state index < -0.39 is 5.97 Å². The van der Waals surface area contributed by atoms with Gasteiger partial charge in [0.25, 0.3) is 0 Å². The fraction of sp³-hybridized carbons (Fsp3) is 0.385. The number of carboxylic acids is 1. The van der Waals surface area contributed by atoms with Crippen LogP contribution in [0.2, 0.25) is 0 Å². The topological polar surface area (TPSA) is 75.6 Å². The molecule has 0 saturated heterocycles. The molecule has 0 fully saturated rings. The predicted octanol–water partition coefficient (Wildman–Crippen LogP) is 1.89. The fourth-order valence-corrected chi connectivity index (χ4v) is 2.25. The highest BCUT2D eigenvalue weighted by Gasteiger charge is 2.05. The van der Waals surface area contributed by atoms with Crippen LogP contribution in [-0.4, -0.2) is 30.7 Å². The molecule has 0 radical (unpaired) electrons. The van der Waals surface area contributed by atoms with Crippen LogP contribution in [0.4, 0.5) is 0 Å². The summed E-state index contributed by atoms with van der Waals surface area (Å²) in [5.74, 6) is -1.01. The molecule has 0 aliphatic heterocycles. The van der Waals surface area contributed by atoms with E-state index in [9.17, 15) is 9.59 Å². The zero-order chi connectivity index (χ0) is 14.1. The van der Waals surface area contributed by atoms with Crippen LogP contribution >= 0.6 is 11.3 Å². The molecule has 0 aromatic carbocycles. The van der Waals surface area contributed by atoms with Crippen LogP contribution in [0.3, 0.4) is 0 Å². The summed E-state index contributed by atoms with van der Waals surface area (Å²) in [7, 11) is 1.60. The van der Waals surface area contributed by atoms with Crippen molar-refractivity contribution in [3.8, 4) is 0 Å². The first-order chi connectivity index (χ1) is 9.13. The summed E-state index contributed by atoms with van der Waals surface area (Å²) in [6.45, 7) is 0.988. The first-order valence-corrected chi connectivity index (χ1v) is 6.74. The number of thiophene rings is 1. The summed E-state index contributed by atoms with van der Waals surface area (Å²) in [5.41, 5.74) is 0.824. The highest BCUT2D eigenvalue weighted by atomic mass is 32.1. The molecular formula is C13H17NO4S. The van der Waals surface area contributed by atoms with Crippen LogP contribution in [0.25, 0.3) is 6.08 Å². The van der Waals surface area contributed by atoms with E-state index in [2.05, 4.69) is 5.32 Å². The molecule has 2 N–H and O–H groups in total. The Morgan fingerprint density at radius 3 is 3.00 bits per heavy atom. The fourth-order valence-electron chi connectivity index (χ4n) is 1.45. The minimum atomic E-state index is -0.985.